The van der Waals surface area contributed by atoms with E-state index in [1.54, 1.807) is 0 Å². The monoisotopic (exact) mass is 197 g/mol. The van der Waals surface area contributed by atoms with E-state index in [-0.39, 0.29) is 0 Å². The van der Waals surface area contributed by atoms with E-state index in [2.05, 4.69) is 13.8 Å². The minimum atomic E-state index is 0.625. The summed E-state index contributed by atoms with van der Waals surface area (Å²) in [6, 6.07) is 1.93. The highest BCUT2D eigenvalue weighted by Crippen LogP contribution is 2.07. The topological polar surface area (TPSA) is 23.8 Å². The minimum Gasteiger partial charge on any atom is -0.198 e. The van der Waals surface area contributed by atoms with Gasteiger partial charge in [-0.25, -0.2) is 0 Å². The molecule has 0 aliphatic rings. The predicted octanol–water partition coefficient (Wildman–Crippen LogP) is 5.07. The van der Waals surface area contributed by atoms with Crippen LogP contribution in [0, 0.1) is 11.3 Å². The molecular weight excluding hydrogens is 170 g/mol. The molecule has 0 aromatic carbocycles. The molecule has 1 heteroatoms. The fraction of sp³-hybridized carbons (Fsp3) is 0.923. The zero-order valence-electron chi connectivity index (χ0n) is 10.3. The summed E-state index contributed by atoms with van der Waals surface area (Å²) >= 11 is 0. The molecule has 0 unspecified atom stereocenters. The van der Waals surface area contributed by atoms with Gasteiger partial charge in [0.1, 0.15) is 0 Å². The lowest BCUT2D eigenvalue weighted by Crippen LogP contribution is -1.77. The number of hydrogen-bond donors (Lipinski definition) is 0. The Labute approximate surface area is 90.5 Å². The predicted molar refractivity (Wildman–Crippen MR) is 64.2 cm³/mol. The largest absolute Gasteiger partial charge is 0.198 e. The molecule has 0 aliphatic carbocycles. The Morgan fingerprint density at radius 3 is 1.21 bits per heavy atom. The standard InChI is InChI=1S/C10H22.C3H5N/c1-3-5-7-9-10-8-6-4-2;1-2-3-4/h3-10H2,1-2H3;2H2,1H3. The van der Waals surface area contributed by atoms with Crippen molar-refractivity contribution in [2.75, 3.05) is 0 Å². The van der Waals surface area contributed by atoms with Crippen LogP contribution in [0.2, 0.25) is 0 Å². The highest BCUT2D eigenvalue weighted by molar-refractivity contribution is 4.61. The summed E-state index contributed by atoms with van der Waals surface area (Å²) in [5, 5.41) is 7.62. The van der Waals surface area contributed by atoms with Gasteiger partial charge in [-0.3, -0.25) is 0 Å². The van der Waals surface area contributed by atoms with Crippen molar-refractivity contribution in [2.24, 2.45) is 0 Å². The number of rotatable bonds is 7. The number of hydrogen-bond acceptors (Lipinski definition) is 1. The Kier molecular flexibility index (Phi) is 20.8. The first-order chi connectivity index (χ1) is 6.83. The van der Waals surface area contributed by atoms with Gasteiger partial charge < -0.3 is 0 Å². The summed E-state index contributed by atoms with van der Waals surface area (Å²) < 4.78 is 0. The number of unbranched alkanes of at least 4 members (excludes halogenated alkanes) is 7. The molecule has 0 bridgehead atoms. The molecule has 84 valence electrons. The minimum absolute atomic E-state index is 0.625. The highest BCUT2D eigenvalue weighted by Gasteiger charge is 1.87. The van der Waals surface area contributed by atoms with E-state index < -0.39 is 0 Å². The maximum atomic E-state index is 7.62. The lowest BCUT2D eigenvalue weighted by molar-refractivity contribution is 0.585. The first-order valence-corrected chi connectivity index (χ1v) is 6.20. The van der Waals surface area contributed by atoms with Crippen LogP contribution in [-0.2, 0) is 0 Å². The quantitative estimate of drug-likeness (QED) is 0.523. The van der Waals surface area contributed by atoms with Crippen molar-refractivity contribution in [3.05, 3.63) is 0 Å². The molecule has 0 aromatic heterocycles. The maximum Gasteiger partial charge on any atom is 0.0618 e. The van der Waals surface area contributed by atoms with Crippen molar-refractivity contribution in [2.45, 2.75) is 78.6 Å². The summed E-state index contributed by atoms with van der Waals surface area (Å²) in [5.74, 6) is 0. The van der Waals surface area contributed by atoms with Gasteiger partial charge in [-0.2, -0.15) is 5.26 Å². The molecule has 0 saturated heterocycles. The van der Waals surface area contributed by atoms with Gasteiger partial charge in [0.15, 0.2) is 0 Å². The third-order valence-corrected chi connectivity index (χ3v) is 2.12. The van der Waals surface area contributed by atoms with Gasteiger partial charge in [0.2, 0.25) is 0 Å². The van der Waals surface area contributed by atoms with E-state index in [9.17, 15) is 0 Å². The second-order valence-electron chi connectivity index (χ2n) is 3.63. The van der Waals surface area contributed by atoms with Gasteiger partial charge in [0, 0.05) is 6.42 Å². The zero-order chi connectivity index (χ0) is 11.1. The molecule has 0 fully saturated rings. The Balaban J connectivity index is 0. The first kappa shape index (κ1) is 15.9. The molecule has 0 aliphatic heterocycles. The zero-order valence-corrected chi connectivity index (χ0v) is 10.3. The van der Waals surface area contributed by atoms with Gasteiger partial charge in [-0.05, 0) is 0 Å². The molecular formula is C13H27N. The van der Waals surface area contributed by atoms with Crippen molar-refractivity contribution in [1.29, 1.82) is 5.26 Å². The molecule has 0 rings (SSSR count). The number of nitriles is 1. The van der Waals surface area contributed by atoms with Crippen molar-refractivity contribution >= 4 is 0 Å². The SMILES string of the molecule is CCC#N.CCCCCCCCCC. The van der Waals surface area contributed by atoms with Crippen LogP contribution in [0.15, 0.2) is 0 Å². The lowest BCUT2D eigenvalue weighted by atomic mass is 10.1. The lowest BCUT2D eigenvalue weighted by Gasteiger charge is -1.97. The Morgan fingerprint density at radius 1 is 0.714 bits per heavy atom. The second-order valence-corrected chi connectivity index (χ2v) is 3.63. The van der Waals surface area contributed by atoms with Gasteiger partial charge in [0.25, 0.3) is 0 Å². The van der Waals surface area contributed by atoms with Crippen LogP contribution in [0.3, 0.4) is 0 Å². The Hall–Kier alpha value is -0.510. The van der Waals surface area contributed by atoms with Crippen LogP contribution in [0.5, 0.6) is 0 Å². The van der Waals surface area contributed by atoms with E-state index in [1.165, 1.54) is 51.4 Å². The van der Waals surface area contributed by atoms with Crippen LogP contribution in [-0.4, -0.2) is 0 Å². The molecule has 0 saturated carbocycles. The highest BCUT2D eigenvalue weighted by atomic mass is 14.2. The van der Waals surface area contributed by atoms with Crippen LogP contribution < -0.4 is 0 Å². The average molecular weight is 197 g/mol. The van der Waals surface area contributed by atoms with E-state index in [0.29, 0.717) is 6.42 Å². The van der Waals surface area contributed by atoms with E-state index in [1.807, 2.05) is 13.0 Å². The normalized spacial score (nSPS) is 8.71. The van der Waals surface area contributed by atoms with Gasteiger partial charge in [-0.15, -0.1) is 0 Å². The molecule has 0 spiro atoms. The second kappa shape index (κ2) is 18.3. The van der Waals surface area contributed by atoms with E-state index >= 15 is 0 Å². The summed E-state index contributed by atoms with van der Waals surface area (Å²) in [5.41, 5.74) is 0. The van der Waals surface area contributed by atoms with E-state index in [0.717, 1.165) is 0 Å². The third-order valence-electron chi connectivity index (χ3n) is 2.12. The average Bonchev–Trinajstić information content (AvgIpc) is 2.24. The summed E-state index contributed by atoms with van der Waals surface area (Å²) in [6.07, 6.45) is 12.1. The van der Waals surface area contributed by atoms with Crippen LogP contribution in [0.1, 0.15) is 78.6 Å². The molecule has 0 radical (unpaired) electrons. The van der Waals surface area contributed by atoms with Gasteiger partial charge in [0.05, 0.1) is 6.07 Å². The summed E-state index contributed by atoms with van der Waals surface area (Å²) in [7, 11) is 0. The van der Waals surface area contributed by atoms with Crippen molar-refractivity contribution in [1.82, 2.24) is 0 Å². The molecule has 1 nitrogen and oxygen atoms in total. The first-order valence-electron chi connectivity index (χ1n) is 6.20. The molecule has 14 heavy (non-hydrogen) atoms. The molecule has 0 atom stereocenters. The summed E-state index contributed by atoms with van der Waals surface area (Å²) in [4.78, 5) is 0. The maximum absolute atomic E-state index is 7.62. The molecule has 0 amide bonds. The van der Waals surface area contributed by atoms with E-state index in [4.69, 9.17) is 5.26 Å². The fourth-order valence-electron chi connectivity index (χ4n) is 1.21. The van der Waals surface area contributed by atoms with Gasteiger partial charge in [-0.1, -0.05) is 72.1 Å². The van der Waals surface area contributed by atoms with Crippen molar-refractivity contribution in [3.8, 4) is 6.07 Å². The Bertz CT molecular complexity index is 105. The van der Waals surface area contributed by atoms with Crippen LogP contribution >= 0.6 is 0 Å². The van der Waals surface area contributed by atoms with Crippen molar-refractivity contribution in [3.63, 3.8) is 0 Å². The fourth-order valence-corrected chi connectivity index (χ4v) is 1.21. The van der Waals surface area contributed by atoms with Crippen molar-refractivity contribution < 1.29 is 0 Å². The van der Waals surface area contributed by atoms with Gasteiger partial charge >= 0.3 is 0 Å². The molecule has 0 aromatic rings. The molecule has 0 heterocycles. The Morgan fingerprint density at radius 2 is 1.00 bits per heavy atom. The van der Waals surface area contributed by atoms with Crippen LogP contribution in [0.25, 0.3) is 0 Å². The van der Waals surface area contributed by atoms with Crippen LogP contribution in [0.4, 0.5) is 0 Å². The molecule has 0 N–H and O–H groups in total. The number of nitrogens with zero attached hydrogens (tertiary/aromatic N) is 1. The smallest absolute Gasteiger partial charge is 0.0618 e. The summed E-state index contributed by atoms with van der Waals surface area (Å²) in [6.45, 7) is 6.36. The third kappa shape index (κ3) is 22.5.